The molecule has 0 saturated heterocycles. The predicted octanol–water partition coefficient (Wildman–Crippen LogP) is 4.79. The Kier molecular flexibility index (Phi) is 5.26. The normalized spacial score (nSPS) is 16.0. The van der Waals surface area contributed by atoms with E-state index in [1.165, 1.54) is 24.3 Å². The van der Waals surface area contributed by atoms with Gasteiger partial charge in [0.2, 0.25) is 0 Å². The van der Waals surface area contributed by atoms with Crippen molar-refractivity contribution in [3.05, 3.63) is 71.5 Å². The highest BCUT2D eigenvalue weighted by atomic mass is 19.4. The molecule has 3 aromatic rings. The first-order valence-electron chi connectivity index (χ1n) is 9.42. The van der Waals surface area contributed by atoms with Crippen LogP contribution in [0.15, 0.2) is 59.9 Å². The summed E-state index contributed by atoms with van der Waals surface area (Å²) in [6.45, 7) is 2.14. The highest BCUT2D eigenvalue weighted by Crippen LogP contribution is 2.33. The Morgan fingerprint density at radius 1 is 1.10 bits per heavy atom. The van der Waals surface area contributed by atoms with Gasteiger partial charge in [0.15, 0.2) is 5.78 Å². The summed E-state index contributed by atoms with van der Waals surface area (Å²) in [5, 5.41) is 4.31. The number of hydrogen-bond acceptors (Lipinski definition) is 5. The Morgan fingerprint density at radius 3 is 2.48 bits per heavy atom. The molecule has 0 fully saturated rings. The van der Waals surface area contributed by atoms with Crippen molar-refractivity contribution in [3.8, 4) is 11.5 Å². The molecule has 160 valence electrons. The van der Waals surface area contributed by atoms with Crippen molar-refractivity contribution < 1.29 is 27.4 Å². The maximum Gasteiger partial charge on any atom is 0.573 e. The van der Waals surface area contributed by atoms with Crippen LogP contribution in [-0.4, -0.2) is 34.7 Å². The van der Waals surface area contributed by atoms with E-state index in [9.17, 15) is 18.0 Å². The molecule has 0 spiro atoms. The van der Waals surface area contributed by atoms with Crippen molar-refractivity contribution in [1.29, 1.82) is 0 Å². The number of hydrogen-bond donors (Lipinski definition) is 0. The Morgan fingerprint density at radius 2 is 1.81 bits per heavy atom. The molecule has 0 N–H and O–H groups in total. The molecule has 1 unspecified atom stereocenters. The SMILES string of the molecule is COc1ccc2c(c1)N=C(c1cnn(Cc3ccc(OC(F)(F)F)cc3)c1)C(C)C2=O. The Balaban J connectivity index is 1.55. The molecule has 1 aromatic heterocycles. The van der Waals surface area contributed by atoms with Crippen LogP contribution < -0.4 is 9.47 Å². The summed E-state index contributed by atoms with van der Waals surface area (Å²) in [6.07, 6.45) is -1.35. The van der Waals surface area contributed by atoms with Crippen molar-refractivity contribution in [1.82, 2.24) is 9.78 Å². The number of alkyl halides is 3. The fourth-order valence-corrected chi connectivity index (χ4v) is 3.40. The lowest BCUT2D eigenvalue weighted by atomic mass is 9.88. The first-order chi connectivity index (χ1) is 14.7. The number of carbonyl (C=O) groups is 1. The molecule has 0 radical (unpaired) electrons. The summed E-state index contributed by atoms with van der Waals surface area (Å²) in [5.41, 5.74) is 3.14. The van der Waals surface area contributed by atoms with Crippen LogP contribution in [-0.2, 0) is 6.54 Å². The number of nitrogens with zero attached hydrogens (tertiary/aromatic N) is 3. The number of carbonyl (C=O) groups excluding carboxylic acids is 1. The third kappa shape index (κ3) is 4.45. The van der Waals surface area contributed by atoms with Crippen LogP contribution in [0.5, 0.6) is 11.5 Å². The van der Waals surface area contributed by atoms with Gasteiger partial charge in [0.05, 0.1) is 37.2 Å². The van der Waals surface area contributed by atoms with Gasteiger partial charge in [-0.25, -0.2) is 0 Å². The molecule has 1 atom stereocenters. The van der Waals surface area contributed by atoms with Gasteiger partial charge in [-0.3, -0.25) is 14.5 Å². The van der Waals surface area contributed by atoms with Gasteiger partial charge in [-0.2, -0.15) is 5.10 Å². The van der Waals surface area contributed by atoms with Crippen molar-refractivity contribution in [2.45, 2.75) is 19.8 Å². The van der Waals surface area contributed by atoms with Crippen LogP contribution in [0.25, 0.3) is 0 Å². The molecular formula is C22H18F3N3O3. The van der Waals surface area contributed by atoms with Gasteiger partial charge in [0.1, 0.15) is 11.5 Å². The van der Waals surface area contributed by atoms with Gasteiger partial charge in [-0.05, 0) is 36.8 Å². The molecule has 0 amide bonds. The largest absolute Gasteiger partial charge is 0.573 e. The first kappa shape index (κ1) is 20.6. The first-order valence-corrected chi connectivity index (χ1v) is 9.42. The van der Waals surface area contributed by atoms with Gasteiger partial charge in [-0.15, -0.1) is 13.2 Å². The van der Waals surface area contributed by atoms with E-state index in [2.05, 4.69) is 14.8 Å². The van der Waals surface area contributed by atoms with E-state index in [1.54, 1.807) is 49.3 Å². The maximum atomic E-state index is 12.8. The zero-order valence-electron chi connectivity index (χ0n) is 16.7. The zero-order valence-corrected chi connectivity index (χ0v) is 16.7. The van der Waals surface area contributed by atoms with E-state index in [0.29, 0.717) is 34.8 Å². The second kappa shape index (κ2) is 7.90. The third-order valence-electron chi connectivity index (χ3n) is 4.95. The van der Waals surface area contributed by atoms with Crippen LogP contribution in [0.2, 0.25) is 0 Å². The van der Waals surface area contributed by atoms with Crippen molar-refractivity contribution in [3.63, 3.8) is 0 Å². The summed E-state index contributed by atoms with van der Waals surface area (Å²) in [4.78, 5) is 17.4. The smallest absolute Gasteiger partial charge is 0.497 e. The molecule has 0 bridgehead atoms. The minimum absolute atomic E-state index is 0.0318. The molecule has 9 heteroatoms. The summed E-state index contributed by atoms with van der Waals surface area (Å²) >= 11 is 0. The summed E-state index contributed by atoms with van der Waals surface area (Å²) < 4.78 is 47.6. The zero-order chi connectivity index (χ0) is 22.2. The van der Waals surface area contributed by atoms with Crippen LogP contribution in [0, 0.1) is 5.92 Å². The molecule has 2 aromatic carbocycles. The second-order valence-electron chi connectivity index (χ2n) is 7.08. The van der Waals surface area contributed by atoms with E-state index < -0.39 is 12.3 Å². The standard InChI is InChI=1S/C22H18F3N3O3/c1-13-20(27-19-9-17(30-2)7-8-18(19)21(13)29)15-10-26-28(12-15)11-14-3-5-16(6-4-14)31-22(23,24)25/h3-10,12-13H,11H2,1-2H3. The van der Waals surface area contributed by atoms with E-state index in [1.807, 2.05) is 0 Å². The van der Waals surface area contributed by atoms with Crippen LogP contribution in [0.1, 0.15) is 28.4 Å². The molecule has 0 saturated carbocycles. The average molecular weight is 429 g/mol. The van der Waals surface area contributed by atoms with Crippen LogP contribution >= 0.6 is 0 Å². The van der Waals surface area contributed by atoms with E-state index in [0.717, 1.165) is 5.56 Å². The van der Waals surface area contributed by atoms with E-state index >= 15 is 0 Å². The molecule has 31 heavy (non-hydrogen) atoms. The number of aliphatic imine (C=N–C) groups is 1. The van der Waals surface area contributed by atoms with Gasteiger partial charge in [0, 0.05) is 23.4 Å². The summed E-state index contributed by atoms with van der Waals surface area (Å²) in [6, 6.07) is 10.7. The maximum absolute atomic E-state index is 12.8. The molecule has 1 aliphatic heterocycles. The minimum atomic E-state index is -4.73. The average Bonchev–Trinajstić information content (AvgIpc) is 3.19. The monoisotopic (exact) mass is 429 g/mol. The van der Waals surface area contributed by atoms with Crippen molar-refractivity contribution >= 4 is 17.2 Å². The molecule has 2 heterocycles. The lowest BCUT2D eigenvalue weighted by molar-refractivity contribution is -0.274. The number of aromatic nitrogens is 2. The van der Waals surface area contributed by atoms with E-state index in [4.69, 9.17) is 4.74 Å². The van der Waals surface area contributed by atoms with Crippen molar-refractivity contribution in [2.75, 3.05) is 7.11 Å². The predicted molar refractivity (Wildman–Crippen MR) is 107 cm³/mol. The second-order valence-corrected chi connectivity index (χ2v) is 7.08. The fraction of sp³-hybridized carbons (Fsp3) is 0.227. The van der Waals surface area contributed by atoms with Gasteiger partial charge < -0.3 is 9.47 Å². The third-order valence-corrected chi connectivity index (χ3v) is 4.95. The number of fused-ring (bicyclic) bond motifs is 1. The molecular weight excluding hydrogens is 411 g/mol. The summed E-state index contributed by atoms with van der Waals surface area (Å²) in [7, 11) is 1.55. The molecule has 0 aliphatic carbocycles. The lowest BCUT2D eigenvalue weighted by Crippen LogP contribution is -2.25. The Hall–Kier alpha value is -3.62. The number of rotatable bonds is 5. The highest BCUT2D eigenvalue weighted by Gasteiger charge is 2.31. The van der Waals surface area contributed by atoms with Gasteiger partial charge >= 0.3 is 6.36 Å². The summed E-state index contributed by atoms with van der Waals surface area (Å²) in [5.74, 6) is -0.138. The van der Waals surface area contributed by atoms with E-state index in [-0.39, 0.29) is 11.5 Å². The number of halogens is 3. The Bertz CT molecular complexity index is 1150. The van der Waals surface area contributed by atoms with Crippen LogP contribution in [0.4, 0.5) is 18.9 Å². The molecule has 4 rings (SSSR count). The van der Waals surface area contributed by atoms with Gasteiger partial charge in [0.25, 0.3) is 0 Å². The Labute approximate surface area is 175 Å². The fourth-order valence-electron chi connectivity index (χ4n) is 3.40. The number of ketones is 1. The number of benzene rings is 2. The lowest BCUT2D eigenvalue weighted by Gasteiger charge is -2.20. The highest BCUT2D eigenvalue weighted by molar-refractivity contribution is 6.22. The molecule has 6 nitrogen and oxygen atoms in total. The number of Topliss-reactive ketones (excluding diaryl/α,β-unsaturated/α-hetero) is 1. The van der Waals surface area contributed by atoms with Gasteiger partial charge in [-0.1, -0.05) is 12.1 Å². The van der Waals surface area contributed by atoms with Crippen LogP contribution in [0.3, 0.4) is 0 Å². The number of methoxy groups -OCH3 is 1. The number of ether oxygens (including phenoxy) is 2. The quantitative estimate of drug-likeness (QED) is 0.585. The van der Waals surface area contributed by atoms with Crippen molar-refractivity contribution in [2.24, 2.45) is 10.9 Å². The molecule has 1 aliphatic rings. The minimum Gasteiger partial charge on any atom is -0.497 e. The topological polar surface area (TPSA) is 65.7 Å².